The lowest BCUT2D eigenvalue weighted by atomic mass is 10.1. The third-order valence-corrected chi connectivity index (χ3v) is 2.11. The first kappa shape index (κ1) is 14.5. The minimum absolute atomic E-state index is 0.00956. The quantitative estimate of drug-likeness (QED) is 0.627. The molecule has 19 heavy (non-hydrogen) atoms. The number of hydrogen-bond acceptors (Lipinski definition) is 5. The molecule has 0 radical (unpaired) electrons. The minimum atomic E-state index is -0.735. The molecule has 1 aromatic rings. The standard InChI is InChI=1S/C14H14O5/c1-3-7-18-13(16)11-6-5-10(15)9-12(11)14(17)19-8-4-2/h3-6,9,15H,1-2,7-8H2. The van der Waals surface area contributed by atoms with Crippen molar-refractivity contribution < 1.29 is 24.2 Å². The largest absolute Gasteiger partial charge is 0.508 e. The summed E-state index contributed by atoms with van der Waals surface area (Å²) >= 11 is 0. The lowest BCUT2D eigenvalue weighted by Gasteiger charge is -2.08. The van der Waals surface area contributed by atoms with Crippen LogP contribution in [0.4, 0.5) is 0 Å². The summed E-state index contributed by atoms with van der Waals surface area (Å²) in [5, 5.41) is 9.37. The molecule has 100 valence electrons. The summed E-state index contributed by atoms with van der Waals surface area (Å²) < 4.78 is 9.68. The zero-order chi connectivity index (χ0) is 14.3. The van der Waals surface area contributed by atoms with E-state index in [4.69, 9.17) is 9.47 Å². The van der Waals surface area contributed by atoms with Gasteiger partial charge in [0.2, 0.25) is 0 Å². The molecular formula is C14H14O5. The van der Waals surface area contributed by atoms with Crippen molar-refractivity contribution in [2.75, 3.05) is 13.2 Å². The Morgan fingerprint density at radius 1 is 1.05 bits per heavy atom. The highest BCUT2D eigenvalue weighted by Gasteiger charge is 2.19. The Hall–Kier alpha value is -2.56. The number of phenols is 1. The highest BCUT2D eigenvalue weighted by Crippen LogP contribution is 2.18. The van der Waals surface area contributed by atoms with Gasteiger partial charge in [-0.1, -0.05) is 25.3 Å². The van der Waals surface area contributed by atoms with E-state index in [0.29, 0.717) is 0 Å². The Balaban J connectivity index is 3.03. The first-order valence-electron chi connectivity index (χ1n) is 5.49. The number of aromatic hydroxyl groups is 1. The van der Waals surface area contributed by atoms with Gasteiger partial charge >= 0.3 is 11.9 Å². The number of rotatable bonds is 6. The number of carbonyl (C=O) groups excluding carboxylic acids is 2. The van der Waals surface area contributed by atoms with Crippen LogP contribution in [0.3, 0.4) is 0 Å². The van der Waals surface area contributed by atoms with Gasteiger partial charge in [-0.25, -0.2) is 9.59 Å². The van der Waals surface area contributed by atoms with Crippen LogP contribution in [0.5, 0.6) is 5.75 Å². The Morgan fingerprint density at radius 2 is 1.58 bits per heavy atom. The molecule has 0 aliphatic heterocycles. The highest BCUT2D eigenvalue weighted by atomic mass is 16.5. The fourth-order valence-electron chi connectivity index (χ4n) is 1.30. The number of carbonyl (C=O) groups is 2. The molecule has 0 spiro atoms. The summed E-state index contributed by atoms with van der Waals surface area (Å²) in [4.78, 5) is 23.5. The topological polar surface area (TPSA) is 72.8 Å². The van der Waals surface area contributed by atoms with E-state index in [2.05, 4.69) is 13.2 Å². The van der Waals surface area contributed by atoms with Gasteiger partial charge in [-0.05, 0) is 18.2 Å². The van der Waals surface area contributed by atoms with E-state index in [0.717, 1.165) is 6.07 Å². The second kappa shape index (κ2) is 7.00. The molecule has 1 rings (SSSR count). The zero-order valence-corrected chi connectivity index (χ0v) is 10.3. The van der Waals surface area contributed by atoms with Crippen LogP contribution in [0.2, 0.25) is 0 Å². The summed E-state index contributed by atoms with van der Waals surface area (Å²) in [6.07, 6.45) is 2.81. The van der Waals surface area contributed by atoms with Gasteiger partial charge < -0.3 is 14.6 Å². The highest BCUT2D eigenvalue weighted by molar-refractivity contribution is 6.03. The Bertz CT molecular complexity index is 505. The molecule has 0 unspecified atom stereocenters. The van der Waals surface area contributed by atoms with Crippen LogP contribution < -0.4 is 0 Å². The minimum Gasteiger partial charge on any atom is -0.508 e. The van der Waals surface area contributed by atoms with Gasteiger partial charge in [0.25, 0.3) is 0 Å². The number of esters is 2. The molecule has 0 aliphatic rings. The van der Waals surface area contributed by atoms with Crippen molar-refractivity contribution in [1.82, 2.24) is 0 Å². The average molecular weight is 262 g/mol. The molecule has 0 saturated heterocycles. The van der Waals surface area contributed by atoms with Crippen molar-refractivity contribution in [1.29, 1.82) is 0 Å². The molecule has 5 heteroatoms. The van der Waals surface area contributed by atoms with E-state index in [1.54, 1.807) is 0 Å². The summed E-state index contributed by atoms with van der Waals surface area (Å²) in [6.45, 7) is 6.87. The third kappa shape index (κ3) is 3.99. The van der Waals surface area contributed by atoms with Gasteiger partial charge in [0.05, 0.1) is 11.1 Å². The van der Waals surface area contributed by atoms with Crippen LogP contribution in [-0.4, -0.2) is 30.3 Å². The molecule has 0 atom stereocenters. The molecular weight excluding hydrogens is 248 g/mol. The lowest BCUT2D eigenvalue weighted by Crippen LogP contribution is -2.14. The zero-order valence-electron chi connectivity index (χ0n) is 10.3. The van der Waals surface area contributed by atoms with Crippen LogP contribution >= 0.6 is 0 Å². The second-order valence-corrected chi connectivity index (χ2v) is 3.50. The smallest absolute Gasteiger partial charge is 0.339 e. The maximum absolute atomic E-state index is 11.7. The predicted octanol–water partition coefficient (Wildman–Crippen LogP) is 2.08. The fraction of sp³-hybridized carbons (Fsp3) is 0.143. The summed E-state index contributed by atoms with van der Waals surface area (Å²) in [7, 11) is 0. The van der Waals surface area contributed by atoms with Crippen molar-refractivity contribution in [3.8, 4) is 5.75 Å². The molecule has 0 aromatic heterocycles. The second-order valence-electron chi connectivity index (χ2n) is 3.50. The summed E-state index contributed by atoms with van der Waals surface area (Å²) in [6, 6.07) is 3.73. The molecule has 5 nitrogen and oxygen atoms in total. The SMILES string of the molecule is C=CCOC(=O)c1ccc(O)cc1C(=O)OCC=C. The van der Waals surface area contributed by atoms with Crippen LogP contribution in [-0.2, 0) is 9.47 Å². The van der Waals surface area contributed by atoms with Crippen molar-refractivity contribution >= 4 is 11.9 Å². The summed E-state index contributed by atoms with van der Waals surface area (Å²) in [5.74, 6) is -1.57. The van der Waals surface area contributed by atoms with Crippen molar-refractivity contribution in [2.45, 2.75) is 0 Å². The van der Waals surface area contributed by atoms with Gasteiger partial charge in [-0.3, -0.25) is 0 Å². The first-order valence-corrected chi connectivity index (χ1v) is 5.49. The fourth-order valence-corrected chi connectivity index (χ4v) is 1.30. The average Bonchev–Trinajstić information content (AvgIpc) is 2.41. The number of benzene rings is 1. The van der Waals surface area contributed by atoms with E-state index in [1.807, 2.05) is 0 Å². The Kier molecular flexibility index (Phi) is 5.35. The molecule has 1 aromatic carbocycles. The maximum Gasteiger partial charge on any atom is 0.339 e. The first-order chi connectivity index (χ1) is 9.10. The van der Waals surface area contributed by atoms with Crippen LogP contribution in [0.25, 0.3) is 0 Å². The van der Waals surface area contributed by atoms with Gasteiger partial charge in [0.1, 0.15) is 19.0 Å². The molecule has 0 saturated carbocycles. The van der Waals surface area contributed by atoms with Crippen LogP contribution in [0.15, 0.2) is 43.5 Å². The number of hydrogen-bond donors (Lipinski definition) is 1. The monoisotopic (exact) mass is 262 g/mol. The predicted molar refractivity (Wildman–Crippen MR) is 69.1 cm³/mol. The Morgan fingerprint density at radius 3 is 2.11 bits per heavy atom. The van der Waals surface area contributed by atoms with E-state index >= 15 is 0 Å². The van der Waals surface area contributed by atoms with Gasteiger partial charge in [0.15, 0.2) is 0 Å². The van der Waals surface area contributed by atoms with E-state index in [1.165, 1.54) is 24.3 Å². The third-order valence-electron chi connectivity index (χ3n) is 2.11. The van der Waals surface area contributed by atoms with Gasteiger partial charge in [-0.15, -0.1) is 0 Å². The van der Waals surface area contributed by atoms with E-state index in [9.17, 15) is 14.7 Å². The molecule has 0 fully saturated rings. The van der Waals surface area contributed by atoms with Crippen molar-refractivity contribution in [2.24, 2.45) is 0 Å². The molecule has 0 aliphatic carbocycles. The van der Waals surface area contributed by atoms with Crippen molar-refractivity contribution in [3.05, 3.63) is 54.6 Å². The normalized spacial score (nSPS) is 9.47. The number of phenolic OH excluding ortho intramolecular Hbond substituents is 1. The molecule has 1 N–H and O–H groups in total. The van der Waals surface area contributed by atoms with Gasteiger partial charge in [-0.2, -0.15) is 0 Å². The molecule has 0 amide bonds. The van der Waals surface area contributed by atoms with Crippen LogP contribution in [0.1, 0.15) is 20.7 Å². The van der Waals surface area contributed by atoms with Crippen molar-refractivity contribution in [3.63, 3.8) is 0 Å². The lowest BCUT2D eigenvalue weighted by molar-refractivity contribution is 0.0502. The summed E-state index contributed by atoms with van der Waals surface area (Å²) in [5.41, 5.74) is -0.0374. The van der Waals surface area contributed by atoms with E-state index < -0.39 is 11.9 Å². The van der Waals surface area contributed by atoms with Gasteiger partial charge in [0, 0.05) is 0 Å². The maximum atomic E-state index is 11.7. The van der Waals surface area contributed by atoms with E-state index in [-0.39, 0.29) is 30.1 Å². The van der Waals surface area contributed by atoms with Crippen LogP contribution in [0, 0.1) is 0 Å². The molecule has 0 heterocycles. The Labute approximate surface area is 110 Å². The number of ether oxygens (including phenoxy) is 2. The molecule has 0 bridgehead atoms.